The molecule has 14 heavy (non-hydrogen) atoms. The van der Waals surface area contributed by atoms with Gasteiger partial charge in [0, 0.05) is 6.04 Å². The van der Waals surface area contributed by atoms with Gasteiger partial charge in [-0.15, -0.1) is 6.42 Å². The van der Waals surface area contributed by atoms with Gasteiger partial charge in [0.05, 0.1) is 6.54 Å². The lowest BCUT2D eigenvalue weighted by molar-refractivity contribution is 0.511. The number of rotatable bonds is 4. The van der Waals surface area contributed by atoms with Gasteiger partial charge in [0.15, 0.2) is 0 Å². The Morgan fingerprint density at radius 2 is 2.07 bits per heavy atom. The fourth-order valence-corrected chi connectivity index (χ4v) is 1.82. The van der Waals surface area contributed by atoms with Gasteiger partial charge in [-0.05, 0) is 24.3 Å². The summed E-state index contributed by atoms with van der Waals surface area (Å²) in [5, 5.41) is 3.41. The zero-order chi connectivity index (χ0) is 9.80. The Balaban J connectivity index is 2.07. The second kappa shape index (κ2) is 4.30. The van der Waals surface area contributed by atoms with Crippen molar-refractivity contribution >= 4 is 0 Å². The van der Waals surface area contributed by atoms with Gasteiger partial charge in [0.2, 0.25) is 0 Å². The second-order valence-electron chi connectivity index (χ2n) is 3.81. The molecule has 72 valence electrons. The van der Waals surface area contributed by atoms with Gasteiger partial charge in [0.1, 0.15) is 0 Å². The van der Waals surface area contributed by atoms with Crippen LogP contribution in [-0.4, -0.2) is 6.54 Å². The van der Waals surface area contributed by atoms with Crippen LogP contribution in [0.2, 0.25) is 0 Å². The first-order valence-corrected chi connectivity index (χ1v) is 5.13. The Hall–Kier alpha value is -1.26. The number of benzene rings is 1. The summed E-state index contributed by atoms with van der Waals surface area (Å²) in [7, 11) is 0. The van der Waals surface area contributed by atoms with E-state index in [4.69, 9.17) is 6.42 Å². The van der Waals surface area contributed by atoms with Crippen molar-refractivity contribution in [3.05, 3.63) is 35.9 Å². The number of hydrogen-bond acceptors (Lipinski definition) is 1. The Kier molecular flexibility index (Phi) is 2.86. The Morgan fingerprint density at radius 3 is 2.64 bits per heavy atom. The maximum absolute atomic E-state index is 5.26. The van der Waals surface area contributed by atoms with Gasteiger partial charge >= 0.3 is 0 Å². The summed E-state index contributed by atoms with van der Waals surface area (Å²) in [6, 6.07) is 11.0. The van der Waals surface area contributed by atoms with Gasteiger partial charge in [-0.25, -0.2) is 0 Å². The molecule has 0 aliphatic heterocycles. The molecule has 0 amide bonds. The van der Waals surface area contributed by atoms with Crippen molar-refractivity contribution in [2.75, 3.05) is 6.54 Å². The molecule has 1 unspecified atom stereocenters. The highest BCUT2D eigenvalue weighted by atomic mass is 14.9. The molecule has 1 fully saturated rings. The van der Waals surface area contributed by atoms with Crippen LogP contribution in [0, 0.1) is 18.3 Å². The molecular formula is C13H15N. The van der Waals surface area contributed by atoms with E-state index in [1.807, 2.05) is 0 Å². The van der Waals surface area contributed by atoms with E-state index in [0.29, 0.717) is 12.6 Å². The summed E-state index contributed by atoms with van der Waals surface area (Å²) < 4.78 is 0. The van der Waals surface area contributed by atoms with Crippen LogP contribution in [0.3, 0.4) is 0 Å². The molecule has 0 spiro atoms. The molecule has 1 heteroatoms. The second-order valence-corrected chi connectivity index (χ2v) is 3.81. The van der Waals surface area contributed by atoms with E-state index in [-0.39, 0.29) is 0 Å². The minimum atomic E-state index is 0.465. The van der Waals surface area contributed by atoms with Crippen LogP contribution in [0.4, 0.5) is 0 Å². The molecule has 0 heterocycles. The average Bonchev–Trinajstić information content (AvgIpc) is 3.04. The number of terminal acetylenes is 1. The van der Waals surface area contributed by atoms with Gasteiger partial charge in [-0.1, -0.05) is 36.3 Å². The third kappa shape index (κ3) is 2.16. The van der Waals surface area contributed by atoms with E-state index in [1.165, 1.54) is 18.4 Å². The number of hydrogen-bond donors (Lipinski definition) is 1. The highest BCUT2D eigenvalue weighted by molar-refractivity contribution is 5.21. The molecule has 1 aliphatic carbocycles. The molecule has 0 radical (unpaired) electrons. The topological polar surface area (TPSA) is 12.0 Å². The molecule has 1 atom stereocenters. The highest BCUT2D eigenvalue weighted by Crippen LogP contribution is 2.40. The van der Waals surface area contributed by atoms with Gasteiger partial charge in [-0.2, -0.15) is 0 Å². The third-order valence-corrected chi connectivity index (χ3v) is 2.68. The van der Waals surface area contributed by atoms with E-state index in [9.17, 15) is 0 Å². The van der Waals surface area contributed by atoms with Crippen molar-refractivity contribution in [3.8, 4) is 12.3 Å². The predicted molar refractivity (Wildman–Crippen MR) is 58.7 cm³/mol. The first-order chi connectivity index (χ1) is 6.92. The molecule has 0 saturated heterocycles. The smallest absolute Gasteiger partial charge is 0.0578 e. The zero-order valence-corrected chi connectivity index (χ0v) is 8.24. The Labute approximate surface area is 85.5 Å². The lowest BCUT2D eigenvalue weighted by atomic mass is 10.0. The average molecular weight is 185 g/mol. The van der Waals surface area contributed by atoms with Crippen LogP contribution in [0.25, 0.3) is 0 Å². The van der Waals surface area contributed by atoms with E-state index >= 15 is 0 Å². The normalized spacial score (nSPS) is 17.4. The van der Waals surface area contributed by atoms with Gasteiger partial charge in [-0.3, -0.25) is 5.32 Å². The maximum atomic E-state index is 5.26. The van der Waals surface area contributed by atoms with E-state index in [2.05, 4.69) is 41.6 Å². The summed E-state index contributed by atoms with van der Waals surface area (Å²) >= 11 is 0. The van der Waals surface area contributed by atoms with Crippen molar-refractivity contribution < 1.29 is 0 Å². The fraction of sp³-hybridized carbons (Fsp3) is 0.385. The van der Waals surface area contributed by atoms with E-state index in [1.54, 1.807) is 0 Å². The van der Waals surface area contributed by atoms with Crippen molar-refractivity contribution in [1.82, 2.24) is 5.32 Å². The lowest BCUT2D eigenvalue weighted by Crippen LogP contribution is -2.23. The SMILES string of the molecule is C#CCNC(c1ccccc1)C1CC1. The van der Waals surface area contributed by atoms with Gasteiger partial charge < -0.3 is 0 Å². The minimum Gasteiger partial charge on any atom is -0.299 e. The van der Waals surface area contributed by atoms with Crippen molar-refractivity contribution in [1.29, 1.82) is 0 Å². The molecular weight excluding hydrogens is 170 g/mol. The Bertz CT molecular complexity index is 319. The van der Waals surface area contributed by atoms with Crippen molar-refractivity contribution in [3.63, 3.8) is 0 Å². The molecule has 1 nitrogen and oxygen atoms in total. The molecule has 1 aliphatic rings. The molecule has 1 N–H and O–H groups in total. The molecule has 1 saturated carbocycles. The number of nitrogens with one attached hydrogen (secondary N) is 1. The standard InChI is InChI=1S/C13H15N/c1-2-10-14-13(12-8-9-12)11-6-4-3-5-7-11/h1,3-7,12-14H,8-10H2. The van der Waals surface area contributed by atoms with E-state index in [0.717, 1.165) is 5.92 Å². The van der Waals surface area contributed by atoms with Crippen LogP contribution < -0.4 is 5.32 Å². The molecule has 0 bridgehead atoms. The summed E-state index contributed by atoms with van der Waals surface area (Å²) in [5.41, 5.74) is 1.37. The van der Waals surface area contributed by atoms with Crippen LogP contribution in [0.5, 0.6) is 0 Å². The van der Waals surface area contributed by atoms with Crippen molar-refractivity contribution in [2.24, 2.45) is 5.92 Å². The summed E-state index contributed by atoms with van der Waals surface area (Å²) in [4.78, 5) is 0. The zero-order valence-electron chi connectivity index (χ0n) is 8.24. The molecule has 2 rings (SSSR count). The maximum Gasteiger partial charge on any atom is 0.0578 e. The van der Waals surface area contributed by atoms with Crippen LogP contribution in [0.15, 0.2) is 30.3 Å². The highest BCUT2D eigenvalue weighted by Gasteiger charge is 2.31. The first kappa shape index (κ1) is 9.30. The first-order valence-electron chi connectivity index (χ1n) is 5.13. The largest absolute Gasteiger partial charge is 0.299 e. The monoisotopic (exact) mass is 185 g/mol. The van der Waals surface area contributed by atoms with Crippen molar-refractivity contribution in [2.45, 2.75) is 18.9 Å². The lowest BCUT2D eigenvalue weighted by Gasteiger charge is -2.16. The third-order valence-electron chi connectivity index (χ3n) is 2.68. The van der Waals surface area contributed by atoms with Gasteiger partial charge in [0.25, 0.3) is 0 Å². The van der Waals surface area contributed by atoms with Crippen LogP contribution >= 0.6 is 0 Å². The van der Waals surface area contributed by atoms with E-state index < -0.39 is 0 Å². The summed E-state index contributed by atoms with van der Waals surface area (Å²) in [6.07, 6.45) is 7.92. The summed E-state index contributed by atoms with van der Waals surface area (Å²) in [6.45, 7) is 0.663. The molecule has 1 aromatic rings. The Morgan fingerprint density at radius 1 is 1.36 bits per heavy atom. The predicted octanol–water partition coefficient (Wildman–Crippen LogP) is 2.36. The summed E-state index contributed by atoms with van der Waals surface area (Å²) in [5.74, 6) is 3.44. The fourth-order valence-electron chi connectivity index (χ4n) is 1.82. The minimum absolute atomic E-state index is 0.465. The van der Waals surface area contributed by atoms with Crippen LogP contribution in [0.1, 0.15) is 24.4 Å². The molecule has 1 aromatic carbocycles. The quantitative estimate of drug-likeness (QED) is 0.710. The van der Waals surface area contributed by atoms with Crippen LogP contribution in [-0.2, 0) is 0 Å². The molecule has 0 aromatic heterocycles.